The summed E-state index contributed by atoms with van der Waals surface area (Å²) in [6.45, 7) is 0. The largest absolute Gasteiger partial charge is 0.495 e. The van der Waals surface area contributed by atoms with Gasteiger partial charge in [0.05, 0.1) is 18.9 Å². The molecule has 0 N–H and O–H groups in total. The first kappa shape index (κ1) is 22.3. The molecule has 0 aliphatic rings. The number of pyridine rings is 1. The van der Waals surface area contributed by atoms with E-state index in [9.17, 15) is 22.0 Å². The summed E-state index contributed by atoms with van der Waals surface area (Å²) >= 11 is 0. The number of hydrogen-bond acceptors (Lipinski definition) is 2. The Bertz CT molecular complexity index is 1380. The minimum atomic E-state index is -1.56. The summed E-state index contributed by atoms with van der Waals surface area (Å²) in [6.07, 6.45) is 2.43. The van der Waals surface area contributed by atoms with Crippen LogP contribution in [-0.2, 0) is 12.8 Å². The van der Waals surface area contributed by atoms with E-state index in [-0.39, 0.29) is 16.3 Å². The maximum atomic E-state index is 14.5. The number of hydrogen-bond donors (Lipinski definition) is 0. The molecule has 0 saturated carbocycles. The van der Waals surface area contributed by atoms with Gasteiger partial charge >= 0.3 is 0 Å². The minimum Gasteiger partial charge on any atom is -0.495 e. The average molecular weight is 453 g/mol. The molecule has 3 aromatic carbocycles. The van der Waals surface area contributed by atoms with Crippen LogP contribution in [-0.4, -0.2) is 12.1 Å². The van der Waals surface area contributed by atoms with E-state index in [2.05, 4.69) is 16.8 Å². The Morgan fingerprint density at radius 3 is 2.21 bits per heavy atom. The summed E-state index contributed by atoms with van der Waals surface area (Å²) in [4.78, 5) is 4.22. The number of aryl methyl sites for hydroxylation is 2. The van der Waals surface area contributed by atoms with Gasteiger partial charge in [-0.2, -0.15) is 0 Å². The van der Waals surface area contributed by atoms with Crippen molar-refractivity contribution in [3.8, 4) is 17.6 Å². The summed E-state index contributed by atoms with van der Waals surface area (Å²) in [5.41, 5.74) is 1.05. The number of fused-ring (bicyclic) bond motifs is 1. The van der Waals surface area contributed by atoms with E-state index in [4.69, 9.17) is 4.74 Å². The third kappa shape index (κ3) is 4.80. The van der Waals surface area contributed by atoms with Crippen LogP contribution in [0.2, 0.25) is 0 Å². The lowest BCUT2D eigenvalue weighted by molar-refractivity contribution is 0.412. The third-order valence-corrected chi connectivity index (χ3v) is 5.11. The van der Waals surface area contributed by atoms with Crippen molar-refractivity contribution in [2.24, 2.45) is 0 Å². The molecule has 0 aliphatic heterocycles. The minimum absolute atomic E-state index is 0.0848. The molecule has 0 radical (unpaired) electrons. The van der Waals surface area contributed by atoms with E-state index in [0.29, 0.717) is 24.2 Å². The maximum absolute atomic E-state index is 14.5. The monoisotopic (exact) mass is 453 g/mol. The maximum Gasteiger partial charge on any atom is 0.195 e. The van der Waals surface area contributed by atoms with Crippen molar-refractivity contribution >= 4 is 10.8 Å². The Hall–Kier alpha value is -3.92. The number of rotatable bonds is 4. The van der Waals surface area contributed by atoms with Gasteiger partial charge in [0.1, 0.15) is 17.4 Å². The Morgan fingerprint density at radius 1 is 0.788 bits per heavy atom. The van der Waals surface area contributed by atoms with Gasteiger partial charge in [-0.25, -0.2) is 22.0 Å². The molecule has 1 aromatic heterocycles. The normalized spacial score (nSPS) is 10.7. The highest BCUT2D eigenvalue weighted by Crippen LogP contribution is 2.24. The summed E-state index contributed by atoms with van der Waals surface area (Å²) in [5.74, 6) is -0.202. The van der Waals surface area contributed by atoms with Gasteiger partial charge in [-0.05, 0) is 66.3 Å². The van der Waals surface area contributed by atoms with Gasteiger partial charge in [-0.1, -0.05) is 17.9 Å². The van der Waals surface area contributed by atoms with Crippen LogP contribution < -0.4 is 4.74 Å². The summed E-state index contributed by atoms with van der Waals surface area (Å²) in [7, 11) is 1.54. The van der Waals surface area contributed by atoms with Gasteiger partial charge < -0.3 is 4.74 Å². The van der Waals surface area contributed by atoms with Crippen LogP contribution in [0.1, 0.15) is 22.4 Å². The quantitative estimate of drug-likeness (QED) is 0.211. The fourth-order valence-electron chi connectivity index (χ4n) is 3.36. The molecule has 0 bridgehead atoms. The zero-order valence-electron chi connectivity index (χ0n) is 17.4. The highest BCUT2D eigenvalue weighted by atomic mass is 19.2. The fraction of sp³-hybridized carbons (Fsp3) is 0.115. The van der Waals surface area contributed by atoms with E-state index < -0.39 is 34.6 Å². The molecule has 33 heavy (non-hydrogen) atoms. The molecule has 7 heteroatoms. The van der Waals surface area contributed by atoms with Crippen molar-refractivity contribution in [2.45, 2.75) is 12.8 Å². The number of ether oxygens (including phenoxy) is 1. The van der Waals surface area contributed by atoms with Gasteiger partial charge in [0.25, 0.3) is 0 Å². The molecule has 2 nitrogen and oxygen atoms in total. The van der Waals surface area contributed by atoms with Crippen LogP contribution in [0.4, 0.5) is 22.0 Å². The standard InChI is InChI=1S/C26H16F5NO/c1-33-19-7-6-18(32-14-19)5-2-16-11-22(27)21(23(28)12-16)9-4-15-3-8-20-17(10-15)13-24(29)26(31)25(20)30/h3,6-8,10-14H,2,5H2,1H3. The predicted molar refractivity (Wildman–Crippen MR) is 114 cm³/mol. The van der Waals surface area contributed by atoms with Gasteiger partial charge in [0.15, 0.2) is 17.5 Å². The first-order chi connectivity index (χ1) is 15.9. The van der Waals surface area contributed by atoms with E-state index >= 15 is 0 Å². The highest BCUT2D eigenvalue weighted by Gasteiger charge is 2.14. The highest BCUT2D eigenvalue weighted by molar-refractivity contribution is 5.84. The molecule has 0 saturated heterocycles. The topological polar surface area (TPSA) is 22.1 Å². The predicted octanol–water partition coefficient (Wildman–Crippen LogP) is 6.12. The molecule has 0 spiro atoms. The number of halogens is 5. The molecule has 0 atom stereocenters. The molecule has 4 rings (SSSR count). The summed E-state index contributed by atoms with van der Waals surface area (Å²) in [5, 5.41) is -0.0332. The lowest BCUT2D eigenvalue weighted by atomic mass is 10.0. The first-order valence-corrected chi connectivity index (χ1v) is 9.92. The second-order valence-corrected chi connectivity index (χ2v) is 7.30. The number of benzene rings is 3. The molecule has 1 heterocycles. The van der Waals surface area contributed by atoms with Crippen molar-refractivity contribution in [3.05, 3.63) is 106 Å². The van der Waals surface area contributed by atoms with Crippen molar-refractivity contribution in [1.29, 1.82) is 0 Å². The number of aromatic nitrogens is 1. The molecule has 4 aromatic rings. The molecule has 0 aliphatic carbocycles. The van der Waals surface area contributed by atoms with Crippen LogP contribution in [0.5, 0.6) is 5.75 Å². The van der Waals surface area contributed by atoms with Crippen LogP contribution in [0, 0.1) is 40.9 Å². The van der Waals surface area contributed by atoms with Gasteiger partial charge in [-0.3, -0.25) is 4.98 Å². The van der Waals surface area contributed by atoms with Crippen LogP contribution in [0.3, 0.4) is 0 Å². The van der Waals surface area contributed by atoms with E-state index in [0.717, 1.165) is 11.8 Å². The molecule has 0 unspecified atom stereocenters. The summed E-state index contributed by atoms with van der Waals surface area (Å²) < 4.78 is 74.8. The zero-order chi connectivity index (χ0) is 23.5. The van der Waals surface area contributed by atoms with Crippen molar-refractivity contribution in [3.63, 3.8) is 0 Å². The molecule has 166 valence electrons. The SMILES string of the molecule is COc1ccc(CCc2cc(F)c(C#Cc3ccc4c(F)c(F)c(F)cc4c3)c(F)c2)nc1. The lowest BCUT2D eigenvalue weighted by Crippen LogP contribution is -1.99. The van der Waals surface area contributed by atoms with E-state index in [1.165, 1.54) is 37.4 Å². The second kappa shape index (κ2) is 9.29. The first-order valence-electron chi connectivity index (χ1n) is 9.92. The Labute approximate surface area is 186 Å². The lowest BCUT2D eigenvalue weighted by Gasteiger charge is -2.06. The number of methoxy groups -OCH3 is 1. The molecular formula is C26H16F5NO. The van der Waals surface area contributed by atoms with Crippen molar-refractivity contribution in [1.82, 2.24) is 4.98 Å². The fourth-order valence-corrected chi connectivity index (χ4v) is 3.36. The van der Waals surface area contributed by atoms with Crippen molar-refractivity contribution < 1.29 is 26.7 Å². The van der Waals surface area contributed by atoms with Crippen LogP contribution in [0.25, 0.3) is 10.8 Å². The zero-order valence-corrected chi connectivity index (χ0v) is 17.4. The van der Waals surface area contributed by atoms with E-state index in [1.54, 1.807) is 18.3 Å². The number of nitrogens with zero attached hydrogens (tertiary/aromatic N) is 1. The molecule has 0 fully saturated rings. The van der Waals surface area contributed by atoms with Gasteiger partial charge in [0, 0.05) is 16.6 Å². The van der Waals surface area contributed by atoms with Gasteiger partial charge in [0.2, 0.25) is 0 Å². The Balaban J connectivity index is 1.55. The average Bonchev–Trinajstić information content (AvgIpc) is 2.81. The molecule has 0 amide bonds. The Kier molecular flexibility index (Phi) is 6.27. The second-order valence-electron chi connectivity index (χ2n) is 7.30. The third-order valence-electron chi connectivity index (χ3n) is 5.11. The van der Waals surface area contributed by atoms with Crippen LogP contribution in [0.15, 0.2) is 54.7 Å². The van der Waals surface area contributed by atoms with E-state index in [1.807, 2.05) is 0 Å². The smallest absolute Gasteiger partial charge is 0.195 e. The summed E-state index contributed by atoms with van der Waals surface area (Å²) in [6, 6.07) is 10.7. The van der Waals surface area contributed by atoms with Gasteiger partial charge in [-0.15, -0.1) is 0 Å². The van der Waals surface area contributed by atoms with Crippen molar-refractivity contribution in [2.75, 3.05) is 7.11 Å². The van der Waals surface area contributed by atoms with Crippen LogP contribution >= 0.6 is 0 Å². The molecular weight excluding hydrogens is 437 g/mol. The Morgan fingerprint density at radius 2 is 1.55 bits per heavy atom.